The van der Waals surface area contributed by atoms with Gasteiger partial charge in [0.05, 0.1) is 11.5 Å². The number of carboxylic acids is 2. The van der Waals surface area contributed by atoms with Crippen molar-refractivity contribution in [2.24, 2.45) is 0 Å². The summed E-state index contributed by atoms with van der Waals surface area (Å²) in [6.07, 6.45) is 3.97. The maximum atomic E-state index is 11.2. The number of aliphatic carboxylic acids is 1. The normalized spacial score (nSPS) is 19.5. The number of aromatic carboxylic acids is 1. The lowest BCUT2D eigenvalue weighted by molar-refractivity contribution is -0.139. The van der Waals surface area contributed by atoms with Gasteiger partial charge in [-0.2, -0.15) is 0 Å². The molecule has 1 aromatic heterocycles. The zero-order valence-corrected chi connectivity index (χ0v) is 9.64. The minimum atomic E-state index is -1.04. The lowest BCUT2D eigenvalue weighted by Crippen LogP contribution is -2.17. The number of carbonyl (C=O) groups is 2. The maximum absolute atomic E-state index is 11.2. The summed E-state index contributed by atoms with van der Waals surface area (Å²) in [7, 11) is 0. The van der Waals surface area contributed by atoms with E-state index in [1.54, 1.807) is 17.7 Å². The fourth-order valence-electron chi connectivity index (χ4n) is 2.56. The number of hydrogen-bond acceptors (Lipinski definition) is 2. The lowest BCUT2D eigenvalue weighted by Gasteiger charge is -2.12. The molecule has 1 atom stereocenters. The topological polar surface area (TPSA) is 79.5 Å². The fraction of sp³-hybridized carbons (Fsp3) is 0.500. The molecule has 5 nitrogen and oxygen atoms in total. The Balaban J connectivity index is 2.61. The molecular formula is C12H15NO4. The molecule has 0 aromatic carbocycles. The second-order valence-electron chi connectivity index (χ2n) is 4.46. The predicted octanol–water partition coefficient (Wildman–Crippen LogP) is 1.85. The lowest BCUT2D eigenvalue weighted by atomic mass is 9.95. The molecule has 92 valence electrons. The Hall–Kier alpha value is -1.78. The molecule has 17 heavy (non-hydrogen) atoms. The van der Waals surface area contributed by atoms with Crippen LogP contribution in [0, 0.1) is 6.92 Å². The minimum Gasteiger partial charge on any atom is -0.481 e. The van der Waals surface area contributed by atoms with E-state index in [2.05, 4.69) is 0 Å². The minimum absolute atomic E-state index is 0.166. The van der Waals surface area contributed by atoms with Crippen molar-refractivity contribution >= 4 is 11.9 Å². The van der Waals surface area contributed by atoms with Crippen molar-refractivity contribution in [2.75, 3.05) is 0 Å². The molecule has 1 aliphatic rings. The van der Waals surface area contributed by atoms with Crippen LogP contribution in [-0.4, -0.2) is 26.7 Å². The summed E-state index contributed by atoms with van der Waals surface area (Å²) in [5.41, 5.74) is 1.26. The molecule has 0 bridgehead atoms. The van der Waals surface area contributed by atoms with E-state index in [4.69, 9.17) is 0 Å². The van der Waals surface area contributed by atoms with Crippen molar-refractivity contribution in [3.8, 4) is 0 Å². The van der Waals surface area contributed by atoms with E-state index in [-0.39, 0.29) is 5.56 Å². The van der Waals surface area contributed by atoms with E-state index in [1.165, 1.54) is 0 Å². The number of rotatable bonds is 2. The SMILES string of the molecule is Cc1cn2c(c1C(=O)O)C(C(=O)O)CCCC2. The molecule has 0 aliphatic carbocycles. The number of carboxylic acid groups (broad SMARTS) is 2. The van der Waals surface area contributed by atoms with Gasteiger partial charge >= 0.3 is 11.9 Å². The first-order valence-corrected chi connectivity index (χ1v) is 5.68. The van der Waals surface area contributed by atoms with E-state index < -0.39 is 17.9 Å². The summed E-state index contributed by atoms with van der Waals surface area (Å²) in [4.78, 5) is 22.5. The number of aromatic nitrogens is 1. The molecule has 2 rings (SSSR count). The molecule has 2 N–H and O–H groups in total. The van der Waals surface area contributed by atoms with Gasteiger partial charge in [0.15, 0.2) is 0 Å². The summed E-state index contributed by atoms with van der Waals surface area (Å²) in [6, 6.07) is 0. The van der Waals surface area contributed by atoms with Crippen LogP contribution in [0.2, 0.25) is 0 Å². The molecule has 0 amide bonds. The highest BCUT2D eigenvalue weighted by Crippen LogP contribution is 2.32. The summed E-state index contributed by atoms with van der Waals surface area (Å²) in [5, 5.41) is 18.4. The van der Waals surface area contributed by atoms with Crippen molar-refractivity contribution in [3.63, 3.8) is 0 Å². The van der Waals surface area contributed by atoms with E-state index in [9.17, 15) is 19.8 Å². The second-order valence-corrected chi connectivity index (χ2v) is 4.46. The van der Waals surface area contributed by atoms with Crippen LogP contribution < -0.4 is 0 Å². The van der Waals surface area contributed by atoms with Gasteiger partial charge in [-0.25, -0.2) is 4.79 Å². The van der Waals surface area contributed by atoms with Crippen molar-refractivity contribution in [2.45, 2.75) is 38.6 Å². The van der Waals surface area contributed by atoms with Crippen molar-refractivity contribution in [3.05, 3.63) is 23.0 Å². The van der Waals surface area contributed by atoms with Crippen LogP contribution >= 0.6 is 0 Å². The molecule has 0 spiro atoms. The van der Waals surface area contributed by atoms with Crippen LogP contribution in [0.1, 0.15) is 46.8 Å². The maximum Gasteiger partial charge on any atom is 0.337 e. The van der Waals surface area contributed by atoms with Crippen LogP contribution in [0.15, 0.2) is 6.20 Å². The molecule has 1 aromatic rings. The zero-order valence-electron chi connectivity index (χ0n) is 9.64. The van der Waals surface area contributed by atoms with Gasteiger partial charge in [-0.05, 0) is 25.3 Å². The first kappa shape index (κ1) is 11.7. The summed E-state index contributed by atoms with van der Waals surface area (Å²) in [5.74, 6) is -2.67. The standard InChI is InChI=1S/C12H15NO4/c1-7-6-13-5-3-2-4-8(11(14)15)10(13)9(7)12(16)17/h6,8H,2-5H2,1H3,(H,14,15)(H,16,17). The van der Waals surface area contributed by atoms with E-state index in [0.29, 0.717) is 24.2 Å². The summed E-state index contributed by atoms with van der Waals surface area (Å²) >= 11 is 0. The predicted molar refractivity (Wildman–Crippen MR) is 60.4 cm³/mol. The van der Waals surface area contributed by atoms with Gasteiger partial charge in [-0.3, -0.25) is 4.79 Å². The van der Waals surface area contributed by atoms with Gasteiger partial charge in [-0.15, -0.1) is 0 Å². The summed E-state index contributed by atoms with van der Waals surface area (Å²) in [6.45, 7) is 2.41. The molecule has 5 heteroatoms. The molecule has 2 heterocycles. The highest BCUT2D eigenvalue weighted by atomic mass is 16.4. The zero-order chi connectivity index (χ0) is 12.6. The molecule has 1 aliphatic heterocycles. The molecule has 0 radical (unpaired) electrons. The van der Waals surface area contributed by atoms with Crippen LogP contribution in [0.5, 0.6) is 0 Å². The number of nitrogens with zero attached hydrogens (tertiary/aromatic N) is 1. The van der Waals surface area contributed by atoms with Crippen LogP contribution in [-0.2, 0) is 11.3 Å². The smallest absolute Gasteiger partial charge is 0.337 e. The first-order valence-electron chi connectivity index (χ1n) is 5.68. The quantitative estimate of drug-likeness (QED) is 0.822. The third kappa shape index (κ3) is 1.92. The van der Waals surface area contributed by atoms with Crippen molar-refractivity contribution in [1.82, 2.24) is 4.57 Å². The first-order chi connectivity index (χ1) is 8.02. The third-order valence-corrected chi connectivity index (χ3v) is 3.29. The highest BCUT2D eigenvalue weighted by Gasteiger charge is 2.31. The van der Waals surface area contributed by atoms with Gasteiger partial charge in [0.25, 0.3) is 0 Å². The van der Waals surface area contributed by atoms with Crippen LogP contribution in [0.3, 0.4) is 0 Å². The highest BCUT2D eigenvalue weighted by molar-refractivity contribution is 5.93. The monoisotopic (exact) mass is 237 g/mol. The Morgan fingerprint density at radius 2 is 2.06 bits per heavy atom. The molecular weight excluding hydrogens is 222 g/mol. The van der Waals surface area contributed by atoms with Gasteiger partial charge in [-0.1, -0.05) is 6.42 Å². The Bertz CT molecular complexity index is 475. The van der Waals surface area contributed by atoms with Gasteiger partial charge in [0.1, 0.15) is 0 Å². The molecule has 0 saturated carbocycles. The number of fused-ring (bicyclic) bond motifs is 1. The largest absolute Gasteiger partial charge is 0.481 e. The van der Waals surface area contributed by atoms with Gasteiger partial charge in [0, 0.05) is 18.4 Å². The van der Waals surface area contributed by atoms with E-state index >= 15 is 0 Å². The van der Waals surface area contributed by atoms with Gasteiger partial charge < -0.3 is 14.8 Å². The molecule has 1 unspecified atom stereocenters. The summed E-state index contributed by atoms with van der Waals surface area (Å²) < 4.78 is 1.80. The van der Waals surface area contributed by atoms with E-state index in [1.807, 2.05) is 0 Å². The fourth-order valence-corrected chi connectivity index (χ4v) is 2.56. The third-order valence-electron chi connectivity index (χ3n) is 3.29. The Morgan fingerprint density at radius 3 is 2.65 bits per heavy atom. The molecule has 0 saturated heterocycles. The van der Waals surface area contributed by atoms with E-state index in [0.717, 1.165) is 12.8 Å². The van der Waals surface area contributed by atoms with Crippen LogP contribution in [0.25, 0.3) is 0 Å². The average molecular weight is 237 g/mol. The van der Waals surface area contributed by atoms with Crippen LogP contribution in [0.4, 0.5) is 0 Å². The van der Waals surface area contributed by atoms with Crippen molar-refractivity contribution < 1.29 is 19.8 Å². The Kier molecular flexibility index (Phi) is 2.92. The Morgan fingerprint density at radius 1 is 1.35 bits per heavy atom. The Labute approximate surface area is 98.7 Å². The number of aryl methyl sites for hydroxylation is 2. The second kappa shape index (κ2) is 4.24. The number of hydrogen-bond donors (Lipinski definition) is 2. The van der Waals surface area contributed by atoms with Gasteiger partial charge in [0.2, 0.25) is 0 Å². The van der Waals surface area contributed by atoms with Crippen molar-refractivity contribution in [1.29, 1.82) is 0 Å². The molecule has 0 fully saturated rings. The average Bonchev–Trinajstić information content (AvgIpc) is 2.42.